The Morgan fingerprint density at radius 2 is 2.17 bits per heavy atom. The van der Waals surface area contributed by atoms with Crippen LogP contribution in [-0.2, 0) is 17.4 Å². The van der Waals surface area contributed by atoms with E-state index in [4.69, 9.17) is 11.6 Å². The molecule has 0 aliphatic rings. The zero-order valence-electron chi connectivity index (χ0n) is 12.5. The standard InChI is InChI=1S/C15H14ClN3O2S2/c1-9-6-11(8-20)17-14-13(15(22-2)18-19(9)14)23(21)12-5-3-4-10(16)7-12/h3-7,20H,8H2,1-2H3. The van der Waals surface area contributed by atoms with Crippen molar-refractivity contribution >= 4 is 39.8 Å². The lowest BCUT2D eigenvalue weighted by Crippen LogP contribution is -2.01. The van der Waals surface area contributed by atoms with Gasteiger partial charge in [-0.3, -0.25) is 0 Å². The lowest BCUT2D eigenvalue weighted by molar-refractivity contribution is 0.277. The number of rotatable bonds is 4. The number of aliphatic hydroxyl groups excluding tert-OH is 1. The van der Waals surface area contributed by atoms with E-state index in [1.165, 1.54) is 11.8 Å². The average molecular weight is 368 g/mol. The van der Waals surface area contributed by atoms with Gasteiger partial charge < -0.3 is 5.11 Å². The number of hydrogen-bond donors (Lipinski definition) is 1. The van der Waals surface area contributed by atoms with E-state index in [-0.39, 0.29) is 6.61 Å². The summed E-state index contributed by atoms with van der Waals surface area (Å²) in [7, 11) is -1.46. The van der Waals surface area contributed by atoms with Crippen LogP contribution in [0.5, 0.6) is 0 Å². The summed E-state index contributed by atoms with van der Waals surface area (Å²) in [6, 6.07) is 8.69. The van der Waals surface area contributed by atoms with Gasteiger partial charge in [0.25, 0.3) is 0 Å². The summed E-state index contributed by atoms with van der Waals surface area (Å²) < 4.78 is 14.7. The molecule has 1 unspecified atom stereocenters. The van der Waals surface area contributed by atoms with Crippen LogP contribution in [0, 0.1) is 6.92 Å². The first-order chi connectivity index (χ1) is 11.0. The first-order valence-electron chi connectivity index (χ1n) is 6.76. The molecule has 1 N–H and O–H groups in total. The van der Waals surface area contributed by atoms with Crippen LogP contribution >= 0.6 is 23.4 Å². The van der Waals surface area contributed by atoms with Crippen molar-refractivity contribution in [2.24, 2.45) is 0 Å². The molecule has 3 rings (SSSR count). The molecule has 2 heterocycles. The molecule has 0 aliphatic heterocycles. The Balaban J connectivity index is 2.26. The predicted molar refractivity (Wildman–Crippen MR) is 91.6 cm³/mol. The molecule has 120 valence electrons. The number of nitrogens with zero attached hydrogens (tertiary/aromatic N) is 3. The third-order valence-corrected chi connectivity index (χ3v) is 5.76. The molecule has 1 aromatic carbocycles. The molecule has 0 bridgehead atoms. The molecule has 1 atom stereocenters. The molecule has 0 fully saturated rings. The maximum absolute atomic E-state index is 13.0. The molecule has 8 heteroatoms. The third-order valence-electron chi connectivity index (χ3n) is 3.30. The third kappa shape index (κ3) is 3.01. The molecule has 2 aromatic heterocycles. The predicted octanol–water partition coefficient (Wildman–Crippen LogP) is 3.07. The quantitative estimate of drug-likeness (QED) is 0.718. The summed E-state index contributed by atoms with van der Waals surface area (Å²) in [5.74, 6) is 0. The molecule has 5 nitrogen and oxygen atoms in total. The smallest absolute Gasteiger partial charge is 0.173 e. The van der Waals surface area contributed by atoms with Crippen LogP contribution in [0.4, 0.5) is 0 Å². The summed E-state index contributed by atoms with van der Waals surface area (Å²) >= 11 is 7.42. The molecule has 0 spiro atoms. The van der Waals surface area contributed by atoms with Gasteiger partial charge in [0, 0.05) is 15.6 Å². The van der Waals surface area contributed by atoms with Crippen molar-refractivity contribution in [2.75, 3.05) is 6.26 Å². The highest BCUT2D eigenvalue weighted by Gasteiger charge is 2.22. The van der Waals surface area contributed by atoms with Gasteiger partial charge in [0.2, 0.25) is 0 Å². The fraction of sp³-hybridized carbons (Fsp3) is 0.200. The Hall–Kier alpha value is -1.41. The van der Waals surface area contributed by atoms with Crippen molar-refractivity contribution in [3.8, 4) is 0 Å². The minimum atomic E-state index is -1.46. The molecule has 23 heavy (non-hydrogen) atoms. The zero-order chi connectivity index (χ0) is 16.6. The van der Waals surface area contributed by atoms with Crippen LogP contribution in [0.1, 0.15) is 11.4 Å². The second kappa shape index (κ2) is 6.60. The fourth-order valence-electron chi connectivity index (χ4n) is 2.27. The van der Waals surface area contributed by atoms with Gasteiger partial charge in [-0.25, -0.2) is 13.7 Å². The van der Waals surface area contributed by atoms with E-state index in [0.29, 0.717) is 31.2 Å². The maximum atomic E-state index is 13.0. The van der Waals surface area contributed by atoms with Crippen LogP contribution in [0.2, 0.25) is 5.02 Å². The molecule has 0 saturated heterocycles. The SMILES string of the molecule is CSc1nn2c(C)cc(CO)nc2c1S(=O)c1cccc(Cl)c1. The zero-order valence-corrected chi connectivity index (χ0v) is 14.9. The summed E-state index contributed by atoms with van der Waals surface area (Å²) in [5.41, 5.74) is 1.84. The highest BCUT2D eigenvalue weighted by molar-refractivity contribution is 7.99. The Bertz CT molecular complexity index is 911. The van der Waals surface area contributed by atoms with Gasteiger partial charge in [-0.1, -0.05) is 17.7 Å². The lowest BCUT2D eigenvalue weighted by atomic mass is 10.3. The molecule has 0 saturated carbocycles. The highest BCUT2D eigenvalue weighted by atomic mass is 35.5. The van der Waals surface area contributed by atoms with Gasteiger partial charge in [-0.05, 0) is 37.4 Å². The number of halogens is 1. The van der Waals surface area contributed by atoms with E-state index in [1.807, 2.05) is 13.2 Å². The van der Waals surface area contributed by atoms with Crippen molar-refractivity contribution in [3.05, 3.63) is 46.7 Å². The first-order valence-corrected chi connectivity index (χ1v) is 9.52. The molecule has 0 aliphatic carbocycles. The van der Waals surface area contributed by atoms with Gasteiger partial charge in [0.1, 0.15) is 9.92 Å². The Kier molecular flexibility index (Phi) is 4.72. The van der Waals surface area contributed by atoms with E-state index in [9.17, 15) is 9.32 Å². The summed E-state index contributed by atoms with van der Waals surface area (Å²) in [6.07, 6.45) is 1.88. The van der Waals surface area contributed by atoms with Gasteiger partial charge >= 0.3 is 0 Å². The van der Waals surface area contributed by atoms with Crippen molar-refractivity contribution < 1.29 is 9.32 Å². The minimum absolute atomic E-state index is 0.180. The van der Waals surface area contributed by atoms with E-state index < -0.39 is 10.8 Å². The summed E-state index contributed by atoms with van der Waals surface area (Å²) in [4.78, 5) is 5.54. The number of aryl methyl sites for hydroxylation is 1. The number of aromatic nitrogens is 3. The Morgan fingerprint density at radius 1 is 1.39 bits per heavy atom. The largest absolute Gasteiger partial charge is 0.390 e. The number of fused-ring (bicyclic) bond motifs is 1. The molecule has 3 aromatic rings. The van der Waals surface area contributed by atoms with Gasteiger partial charge in [-0.15, -0.1) is 11.8 Å². The van der Waals surface area contributed by atoms with Crippen molar-refractivity contribution in [2.45, 2.75) is 28.3 Å². The van der Waals surface area contributed by atoms with E-state index >= 15 is 0 Å². The van der Waals surface area contributed by atoms with Gasteiger partial charge in [0.05, 0.1) is 23.1 Å². The van der Waals surface area contributed by atoms with E-state index in [0.717, 1.165) is 5.69 Å². The Morgan fingerprint density at radius 3 is 2.83 bits per heavy atom. The second-order valence-electron chi connectivity index (χ2n) is 4.85. The highest BCUT2D eigenvalue weighted by Crippen LogP contribution is 2.30. The van der Waals surface area contributed by atoms with Crippen LogP contribution < -0.4 is 0 Å². The lowest BCUT2D eigenvalue weighted by Gasteiger charge is -2.05. The molecular formula is C15H14ClN3O2S2. The topological polar surface area (TPSA) is 67.5 Å². The van der Waals surface area contributed by atoms with Crippen molar-refractivity contribution in [1.82, 2.24) is 14.6 Å². The van der Waals surface area contributed by atoms with Crippen molar-refractivity contribution in [1.29, 1.82) is 0 Å². The number of hydrogen-bond acceptors (Lipinski definition) is 5. The van der Waals surface area contributed by atoms with Crippen LogP contribution in [0.15, 0.2) is 45.1 Å². The first kappa shape index (κ1) is 16.4. The van der Waals surface area contributed by atoms with Crippen LogP contribution in [-0.4, -0.2) is 30.2 Å². The monoisotopic (exact) mass is 367 g/mol. The van der Waals surface area contributed by atoms with E-state index in [1.54, 1.807) is 34.8 Å². The number of thioether (sulfide) groups is 1. The number of benzene rings is 1. The van der Waals surface area contributed by atoms with E-state index in [2.05, 4.69) is 10.1 Å². The number of aliphatic hydroxyl groups is 1. The minimum Gasteiger partial charge on any atom is -0.390 e. The van der Waals surface area contributed by atoms with Gasteiger partial charge in [0.15, 0.2) is 5.65 Å². The van der Waals surface area contributed by atoms with Crippen molar-refractivity contribution in [3.63, 3.8) is 0 Å². The maximum Gasteiger partial charge on any atom is 0.173 e. The van der Waals surface area contributed by atoms with Crippen LogP contribution in [0.3, 0.4) is 0 Å². The van der Waals surface area contributed by atoms with Crippen LogP contribution in [0.25, 0.3) is 5.65 Å². The summed E-state index contributed by atoms with van der Waals surface area (Å²) in [5, 5.41) is 15.0. The summed E-state index contributed by atoms with van der Waals surface area (Å²) in [6.45, 7) is 1.69. The molecule has 0 amide bonds. The molecular weight excluding hydrogens is 354 g/mol. The molecule has 0 radical (unpaired) electrons. The Labute approximate surface area is 145 Å². The normalized spacial score (nSPS) is 12.7. The second-order valence-corrected chi connectivity index (χ2v) is 7.50. The average Bonchev–Trinajstić information content (AvgIpc) is 2.93. The van der Waals surface area contributed by atoms with Gasteiger partial charge in [-0.2, -0.15) is 5.10 Å². The fourth-order valence-corrected chi connectivity index (χ4v) is 4.61.